The molecular weight excluding hydrogens is 464 g/mol. The van der Waals surface area contributed by atoms with Gasteiger partial charge in [0.25, 0.3) is 11.8 Å². The Balaban J connectivity index is 1.73. The van der Waals surface area contributed by atoms with Crippen LogP contribution >= 0.6 is 0 Å². The third kappa shape index (κ3) is 5.52. The highest BCUT2D eigenvalue weighted by atomic mass is 16.5. The molecule has 0 fully saturated rings. The van der Waals surface area contributed by atoms with Crippen LogP contribution in [0, 0.1) is 0 Å². The lowest BCUT2D eigenvalue weighted by Gasteiger charge is -2.30. The normalized spacial score (nSPS) is 15.3. The van der Waals surface area contributed by atoms with Crippen LogP contribution in [0.5, 0.6) is 5.75 Å². The number of amides is 2. The number of para-hydroxylation sites is 1. The van der Waals surface area contributed by atoms with E-state index < -0.39 is 42.8 Å². The number of carbonyl (C=O) groups excluding carboxylic acids is 2. The summed E-state index contributed by atoms with van der Waals surface area (Å²) in [7, 11) is 0. The van der Waals surface area contributed by atoms with Crippen LogP contribution in [-0.4, -0.2) is 51.5 Å². The molecule has 3 aromatic carbocycles. The van der Waals surface area contributed by atoms with E-state index in [1.165, 1.54) is 9.80 Å². The summed E-state index contributed by atoms with van der Waals surface area (Å²) < 4.78 is 5.23. The number of ether oxygens (including phenoxy) is 1. The Kier molecular flexibility index (Phi) is 7.29. The van der Waals surface area contributed by atoms with Gasteiger partial charge < -0.3 is 24.7 Å². The molecule has 0 spiro atoms. The first-order chi connectivity index (χ1) is 17.3. The highest BCUT2D eigenvalue weighted by Crippen LogP contribution is 2.31. The third-order valence-electron chi connectivity index (χ3n) is 5.78. The molecule has 2 N–H and O–H groups in total. The number of hydrogen-bond acceptors (Lipinski definition) is 5. The minimum Gasteiger partial charge on any atom is -0.482 e. The lowest BCUT2D eigenvalue weighted by Crippen LogP contribution is -2.49. The molecule has 1 heterocycles. The fraction of sp³-hybridized carbons (Fsp3) is 0.185. The molecular formula is C27H24N2O7. The van der Waals surface area contributed by atoms with E-state index in [1.807, 2.05) is 30.3 Å². The topological polar surface area (TPSA) is 124 Å². The zero-order chi connectivity index (χ0) is 25.7. The van der Waals surface area contributed by atoms with Gasteiger partial charge in [0.05, 0.1) is 24.2 Å². The van der Waals surface area contributed by atoms with Crippen molar-refractivity contribution < 1.29 is 34.1 Å². The molecule has 0 aliphatic carbocycles. The predicted octanol–water partition coefficient (Wildman–Crippen LogP) is 3.18. The summed E-state index contributed by atoms with van der Waals surface area (Å²) in [5.41, 5.74) is 2.09. The van der Waals surface area contributed by atoms with Crippen LogP contribution in [-0.2, 0) is 27.5 Å². The number of benzene rings is 3. The van der Waals surface area contributed by atoms with Gasteiger partial charge in [-0.2, -0.15) is 0 Å². The molecule has 1 atom stereocenters. The number of aliphatic carboxylic acids is 2. The van der Waals surface area contributed by atoms with Crippen molar-refractivity contribution >= 4 is 29.4 Å². The maximum atomic E-state index is 13.8. The van der Waals surface area contributed by atoms with Gasteiger partial charge in [-0.1, -0.05) is 54.6 Å². The highest BCUT2D eigenvalue weighted by molar-refractivity contribution is 6.11. The summed E-state index contributed by atoms with van der Waals surface area (Å²) in [6.07, 6.45) is -0.570. The molecule has 3 aromatic rings. The Bertz CT molecular complexity index is 1290. The monoisotopic (exact) mass is 488 g/mol. The molecule has 9 heteroatoms. The van der Waals surface area contributed by atoms with Crippen molar-refractivity contribution in [2.45, 2.75) is 25.6 Å². The van der Waals surface area contributed by atoms with E-state index in [9.17, 15) is 24.3 Å². The van der Waals surface area contributed by atoms with Gasteiger partial charge in [0.1, 0.15) is 11.8 Å². The van der Waals surface area contributed by atoms with Crippen LogP contribution in [0.1, 0.15) is 27.9 Å². The summed E-state index contributed by atoms with van der Waals surface area (Å²) in [5, 5.41) is 18.5. The molecule has 9 nitrogen and oxygen atoms in total. The number of carboxylic acid groups (broad SMARTS) is 2. The standard InChI is InChI=1S/C27H24N2O7/c30-24(31)14-23-27(35)28(15-18-7-2-1-3-8-18)22-12-5-4-11-21(22)26(34)29(23)16-19-9-6-10-20(13-19)36-17-25(32)33/h1-13,23H,14-17H2,(H,30,31)(H,32,33)/t23-/m0/s1. The average Bonchev–Trinajstić information content (AvgIpc) is 2.94. The minimum absolute atomic E-state index is 0.0691. The summed E-state index contributed by atoms with van der Waals surface area (Å²) in [5.74, 6) is -3.04. The Hall–Kier alpha value is -4.66. The zero-order valence-electron chi connectivity index (χ0n) is 19.2. The van der Waals surface area contributed by atoms with Gasteiger partial charge in [-0.05, 0) is 35.4 Å². The van der Waals surface area contributed by atoms with Crippen molar-refractivity contribution in [3.63, 3.8) is 0 Å². The van der Waals surface area contributed by atoms with Crippen LogP contribution < -0.4 is 9.64 Å². The molecule has 0 saturated carbocycles. The van der Waals surface area contributed by atoms with Crippen molar-refractivity contribution in [3.05, 3.63) is 95.6 Å². The fourth-order valence-corrected chi connectivity index (χ4v) is 4.17. The Morgan fingerprint density at radius 3 is 2.22 bits per heavy atom. The smallest absolute Gasteiger partial charge is 0.341 e. The van der Waals surface area contributed by atoms with Gasteiger partial charge in [0, 0.05) is 6.54 Å². The molecule has 0 aromatic heterocycles. The molecule has 2 amide bonds. The van der Waals surface area contributed by atoms with Crippen molar-refractivity contribution in [2.24, 2.45) is 0 Å². The second kappa shape index (κ2) is 10.7. The lowest BCUT2D eigenvalue weighted by atomic mass is 10.1. The third-order valence-corrected chi connectivity index (χ3v) is 5.78. The van der Waals surface area contributed by atoms with Crippen molar-refractivity contribution in [2.75, 3.05) is 11.5 Å². The zero-order valence-corrected chi connectivity index (χ0v) is 19.2. The van der Waals surface area contributed by atoms with E-state index in [4.69, 9.17) is 9.84 Å². The molecule has 36 heavy (non-hydrogen) atoms. The lowest BCUT2D eigenvalue weighted by molar-refractivity contribution is -0.141. The van der Waals surface area contributed by atoms with Crippen molar-refractivity contribution in [1.82, 2.24) is 4.90 Å². The van der Waals surface area contributed by atoms with Crippen molar-refractivity contribution in [3.8, 4) is 5.75 Å². The van der Waals surface area contributed by atoms with Crippen LogP contribution in [0.2, 0.25) is 0 Å². The van der Waals surface area contributed by atoms with Gasteiger partial charge >= 0.3 is 11.9 Å². The second-order valence-corrected chi connectivity index (χ2v) is 8.30. The largest absolute Gasteiger partial charge is 0.482 e. The maximum Gasteiger partial charge on any atom is 0.341 e. The number of anilines is 1. The summed E-state index contributed by atoms with van der Waals surface area (Å²) >= 11 is 0. The van der Waals surface area contributed by atoms with Gasteiger partial charge in [-0.15, -0.1) is 0 Å². The van der Waals surface area contributed by atoms with Crippen LogP contribution in [0.15, 0.2) is 78.9 Å². The van der Waals surface area contributed by atoms with Gasteiger partial charge in [-0.3, -0.25) is 14.4 Å². The van der Waals surface area contributed by atoms with E-state index in [0.717, 1.165) is 5.56 Å². The number of hydrogen-bond donors (Lipinski definition) is 2. The van der Waals surface area contributed by atoms with Gasteiger partial charge in [-0.25, -0.2) is 4.79 Å². The predicted molar refractivity (Wildman–Crippen MR) is 130 cm³/mol. The van der Waals surface area contributed by atoms with E-state index in [1.54, 1.807) is 48.5 Å². The molecule has 0 radical (unpaired) electrons. The first-order valence-corrected chi connectivity index (χ1v) is 11.2. The van der Waals surface area contributed by atoms with Crippen LogP contribution in [0.25, 0.3) is 0 Å². The molecule has 0 bridgehead atoms. The summed E-state index contributed by atoms with van der Waals surface area (Å²) in [6.45, 7) is -0.430. The number of carboxylic acids is 2. The molecule has 0 saturated heterocycles. The summed E-state index contributed by atoms with van der Waals surface area (Å²) in [4.78, 5) is 52.9. The SMILES string of the molecule is O=C(O)COc1cccc(CN2C(=O)c3ccccc3N(Cc3ccccc3)C(=O)[C@@H]2CC(=O)O)c1. The fourth-order valence-electron chi connectivity index (χ4n) is 4.17. The van der Waals surface area contributed by atoms with Gasteiger partial charge in [0.15, 0.2) is 6.61 Å². The summed E-state index contributed by atoms with van der Waals surface area (Å²) in [6, 6.07) is 21.2. The van der Waals surface area contributed by atoms with Crippen LogP contribution in [0.3, 0.4) is 0 Å². The number of carbonyl (C=O) groups is 4. The number of rotatable bonds is 9. The van der Waals surface area contributed by atoms with Crippen LogP contribution in [0.4, 0.5) is 5.69 Å². The van der Waals surface area contributed by atoms with E-state index in [0.29, 0.717) is 11.3 Å². The first kappa shape index (κ1) is 24.5. The number of fused-ring (bicyclic) bond motifs is 1. The average molecular weight is 488 g/mol. The Labute approximate surface area is 207 Å². The molecule has 1 aliphatic heterocycles. The molecule has 0 unspecified atom stereocenters. The second-order valence-electron chi connectivity index (χ2n) is 8.30. The quantitative estimate of drug-likeness (QED) is 0.474. The molecule has 4 rings (SSSR count). The highest BCUT2D eigenvalue weighted by Gasteiger charge is 2.40. The van der Waals surface area contributed by atoms with E-state index in [2.05, 4.69) is 0 Å². The van der Waals surface area contributed by atoms with E-state index >= 15 is 0 Å². The number of nitrogens with zero attached hydrogens (tertiary/aromatic N) is 2. The minimum atomic E-state index is -1.25. The maximum absolute atomic E-state index is 13.8. The molecule has 1 aliphatic rings. The Morgan fingerprint density at radius 1 is 0.806 bits per heavy atom. The molecule has 184 valence electrons. The van der Waals surface area contributed by atoms with Gasteiger partial charge in [0.2, 0.25) is 0 Å². The van der Waals surface area contributed by atoms with E-state index in [-0.39, 0.29) is 24.4 Å². The first-order valence-electron chi connectivity index (χ1n) is 11.2. The van der Waals surface area contributed by atoms with Crippen molar-refractivity contribution in [1.29, 1.82) is 0 Å². The Morgan fingerprint density at radius 2 is 1.50 bits per heavy atom.